The van der Waals surface area contributed by atoms with Gasteiger partial charge in [0.05, 0.1) is 0 Å². The molecule has 0 aromatic rings. The summed E-state index contributed by atoms with van der Waals surface area (Å²) < 4.78 is 0. The van der Waals surface area contributed by atoms with Gasteiger partial charge in [-0.1, -0.05) is 40.5 Å². The Bertz CT molecular complexity index is 341. The van der Waals surface area contributed by atoms with Crippen molar-refractivity contribution in [3.8, 4) is 0 Å². The molecule has 122 valence electrons. The van der Waals surface area contributed by atoms with Crippen molar-refractivity contribution in [1.82, 2.24) is 4.90 Å². The largest absolute Gasteiger partial charge is 0.300 e. The van der Waals surface area contributed by atoms with E-state index < -0.39 is 0 Å². The highest BCUT2D eigenvalue weighted by Crippen LogP contribution is 2.38. The molecule has 0 bridgehead atoms. The van der Waals surface area contributed by atoms with Crippen molar-refractivity contribution in [1.29, 1.82) is 0 Å². The molecule has 21 heavy (non-hydrogen) atoms. The van der Waals surface area contributed by atoms with E-state index >= 15 is 0 Å². The van der Waals surface area contributed by atoms with E-state index in [0.717, 1.165) is 37.8 Å². The van der Waals surface area contributed by atoms with Crippen molar-refractivity contribution < 1.29 is 4.79 Å². The summed E-state index contributed by atoms with van der Waals surface area (Å²) >= 11 is 0. The summed E-state index contributed by atoms with van der Waals surface area (Å²) in [6.07, 6.45) is 9.71. The SMILES string of the molecule is CC(C)CCN(CC1CC(C)(C)CCC1=O)C1CCCC1. The number of hydrogen-bond donors (Lipinski definition) is 0. The van der Waals surface area contributed by atoms with Gasteiger partial charge in [-0.25, -0.2) is 0 Å². The van der Waals surface area contributed by atoms with E-state index in [1.54, 1.807) is 0 Å². The number of ketones is 1. The van der Waals surface area contributed by atoms with Gasteiger partial charge >= 0.3 is 0 Å². The fourth-order valence-electron chi connectivity index (χ4n) is 4.11. The van der Waals surface area contributed by atoms with Gasteiger partial charge in [0.15, 0.2) is 0 Å². The van der Waals surface area contributed by atoms with Crippen LogP contribution in [0.3, 0.4) is 0 Å². The molecule has 2 fully saturated rings. The zero-order chi connectivity index (χ0) is 15.5. The van der Waals surface area contributed by atoms with E-state index in [0.29, 0.717) is 17.1 Å². The van der Waals surface area contributed by atoms with Gasteiger partial charge in [0.2, 0.25) is 0 Å². The Morgan fingerprint density at radius 3 is 2.52 bits per heavy atom. The van der Waals surface area contributed by atoms with Crippen LogP contribution >= 0.6 is 0 Å². The van der Waals surface area contributed by atoms with Crippen molar-refractivity contribution in [3.05, 3.63) is 0 Å². The van der Waals surface area contributed by atoms with Gasteiger partial charge in [0.25, 0.3) is 0 Å². The molecule has 1 atom stereocenters. The monoisotopic (exact) mass is 293 g/mol. The minimum atomic E-state index is 0.293. The molecular weight excluding hydrogens is 258 g/mol. The van der Waals surface area contributed by atoms with Gasteiger partial charge in [-0.3, -0.25) is 9.69 Å². The first kappa shape index (κ1) is 17.0. The highest BCUT2D eigenvalue weighted by molar-refractivity contribution is 5.82. The zero-order valence-electron chi connectivity index (χ0n) is 14.7. The summed E-state index contributed by atoms with van der Waals surface area (Å²) in [5, 5.41) is 0. The van der Waals surface area contributed by atoms with Crippen molar-refractivity contribution in [2.75, 3.05) is 13.1 Å². The third kappa shape index (κ3) is 5.09. The standard InChI is InChI=1S/C19H35NO/c1-15(2)10-12-20(17-7-5-6-8-17)14-16-13-19(3,4)11-9-18(16)21/h15-17H,5-14H2,1-4H3. The lowest BCUT2D eigenvalue weighted by molar-refractivity contribution is -0.128. The average molecular weight is 293 g/mol. The van der Waals surface area contributed by atoms with Crippen LogP contribution in [0.25, 0.3) is 0 Å². The van der Waals surface area contributed by atoms with E-state index in [9.17, 15) is 4.79 Å². The molecule has 2 aliphatic rings. The Hall–Kier alpha value is -0.370. The molecule has 2 saturated carbocycles. The molecule has 2 rings (SSSR count). The Balaban J connectivity index is 1.97. The first-order chi connectivity index (χ1) is 9.87. The van der Waals surface area contributed by atoms with Crippen molar-refractivity contribution >= 4 is 5.78 Å². The Labute approximate surface area is 131 Å². The van der Waals surface area contributed by atoms with E-state index in [-0.39, 0.29) is 0 Å². The molecule has 0 amide bonds. The van der Waals surface area contributed by atoms with E-state index in [1.165, 1.54) is 38.6 Å². The lowest BCUT2D eigenvalue weighted by atomic mass is 9.71. The van der Waals surface area contributed by atoms with Gasteiger partial charge in [0, 0.05) is 24.9 Å². The first-order valence-corrected chi connectivity index (χ1v) is 9.14. The molecule has 0 aromatic heterocycles. The summed E-state index contributed by atoms with van der Waals surface area (Å²) in [4.78, 5) is 15.0. The second-order valence-corrected chi connectivity index (χ2v) is 8.65. The van der Waals surface area contributed by atoms with E-state index in [4.69, 9.17) is 0 Å². The molecule has 0 aliphatic heterocycles. The Kier molecular flexibility index (Phi) is 5.88. The first-order valence-electron chi connectivity index (χ1n) is 9.14. The number of carbonyl (C=O) groups excluding carboxylic acids is 1. The normalized spacial score (nSPS) is 27.0. The smallest absolute Gasteiger partial charge is 0.137 e. The van der Waals surface area contributed by atoms with Crippen molar-refractivity contribution in [3.63, 3.8) is 0 Å². The average Bonchev–Trinajstić information content (AvgIpc) is 2.92. The fourth-order valence-corrected chi connectivity index (χ4v) is 4.11. The van der Waals surface area contributed by atoms with E-state index in [2.05, 4.69) is 32.6 Å². The summed E-state index contributed by atoms with van der Waals surface area (Å²) in [5.41, 5.74) is 0.359. The van der Waals surface area contributed by atoms with Crippen molar-refractivity contribution in [2.24, 2.45) is 17.3 Å². The lowest BCUT2D eigenvalue weighted by Crippen LogP contribution is -2.43. The molecule has 2 nitrogen and oxygen atoms in total. The summed E-state index contributed by atoms with van der Waals surface area (Å²) in [5.74, 6) is 1.58. The molecule has 2 heteroatoms. The number of nitrogens with zero attached hydrogens (tertiary/aromatic N) is 1. The highest BCUT2D eigenvalue weighted by atomic mass is 16.1. The van der Waals surface area contributed by atoms with Crippen LogP contribution < -0.4 is 0 Å². The van der Waals surface area contributed by atoms with Crippen LogP contribution in [0.1, 0.15) is 79.1 Å². The van der Waals surface area contributed by atoms with Crippen LogP contribution in [0.4, 0.5) is 0 Å². The number of carbonyl (C=O) groups is 1. The summed E-state index contributed by atoms with van der Waals surface area (Å²) in [6.45, 7) is 11.5. The molecule has 0 aromatic carbocycles. The lowest BCUT2D eigenvalue weighted by Gasteiger charge is -2.38. The predicted molar refractivity (Wildman–Crippen MR) is 89.4 cm³/mol. The number of hydrogen-bond acceptors (Lipinski definition) is 2. The van der Waals surface area contributed by atoms with Crippen LogP contribution in [0, 0.1) is 17.3 Å². The molecule has 0 heterocycles. The quantitative estimate of drug-likeness (QED) is 0.709. The van der Waals surface area contributed by atoms with E-state index in [1.807, 2.05) is 0 Å². The zero-order valence-corrected chi connectivity index (χ0v) is 14.7. The van der Waals surface area contributed by atoms with Gasteiger partial charge in [-0.2, -0.15) is 0 Å². The summed E-state index contributed by atoms with van der Waals surface area (Å²) in [7, 11) is 0. The van der Waals surface area contributed by atoms with Crippen LogP contribution in [0.5, 0.6) is 0 Å². The number of Topliss-reactive ketones (excluding diaryl/α,β-unsaturated/α-hetero) is 1. The van der Waals surface area contributed by atoms with Gasteiger partial charge in [0.1, 0.15) is 5.78 Å². The Morgan fingerprint density at radius 2 is 1.90 bits per heavy atom. The minimum Gasteiger partial charge on any atom is -0.300 e. The maximum absolute atomic E-state index is 12.3. The maximum Gasteiger partial charge on any atom is 0.137 e. The van der Waals surface area contributed by atoms with Gasteiger partial charge < -0.3 is 0 Å². The minimum absolute atomic E-state index is 0.293. The topological polar surface area (TPSA) is 20.3 Å². The fraction of sp³-hybridized carbons (Fsp3) is 0.947. The maximum atomic E-state index is 12.3. The van der Waals surface area contributed by atoms with Crippen LogP contribution in [-0.2, 0) is 4.79 Å². The van der Waals surface area contributed by atoms with Crippen LogP contribution in [0.15, 0.2) is 0 Å². The molecule has 1 unspecified atom stereocenters. The Morgan fingerprint density at radius 1 is 1.24 bits per heavy atom. The van der Waals surface area contributed by atoms with Crippen LogP contribution in [-0.4, -0.2) is 29.8 Å². The van der Waals surface area contributed by atoms with Gasteiger partial charge in [-0.15, -0.1) is 0 Å². The molecule has 0 radical (unpaired) electrons. The third-order valence-corrected chi connectivity index (χ3v) is 5.59. The molecular formula is C19H35NO. The predicted octanol–water partition coefficient (Wildman–Crippen LogP) is 4.67. The second-order valence-electron chi connectivity index (χ2n) is 8.65. The summed E-state index contributed by atoms with van der Waals surface area (Å²) in [6, 6.07) is 0.751. The van der Waals surface area contributed by atoms with Crippen LogP contribution in [0.2, 0.25) is 0 Å². The second kappa shape index (κ2) is 7.26. The molecule has 0 spiro atoms. The molecule has 0 saturated heterocycles. The van der Waals surface area contributed by atoms with Crippen molar-refractivity contribution in [2.45, 2.75) is 85.1 Å². The molecule has 0 N–H and O–H groups in total. The highest BCUT2D eigenvalue weighted by Gasteiger charge is 2.35. The third-order valence-electron chi connectivity index (χ3n) is 5.59. The number of rotatable bonds is 6. The molecule has 2 aliphatic carbocycles. The van der Waals surface area contributed by atoms with Gasteiger partial charge in [-0.05, 0) is 50.0 Å².